The average Bonchev–Trinajstić information content (AvgIpc) is 3.05. The van der Waals surface area contributed by atoms with E-state index in [1.54, 1.807) is 9.58 Å². The second-order valence-corrected chi connectivity index (χ2v) is 7.01. The fourth-order valence-corrected chi connectivity index (χ4v) is 3.59. The molecule has 1 atom stereocenters. The number of fused-ring (bicyclic) bond motifs is 3. The number of hydrogen-bond donors (Lipinski definition) is 1. The lowest BCUT2D eigenvalue weighted by Gasteiger charge is -2.27. The van der Waals surface area contributed by atoms with Crippen molar-refractivity contribution < 1.29 is 19.5 Å². The van der Waals surface area contributed by atoms with Crippen LogP contribution in [-0.4, -0.2) is 63.0 Å². The summed E-state index contributed by atoms with van der Waals surface area (Å²) in [7, 11) is 1.53. The first-order valence-electron chi connectivity index (χ1n) is 9.98. The van der Waals surface area contributed by atoms with Gasteiger partial charge in [-0.2, -0.15) is 5.10 Å². The van der Waals surface area contributed by atoms with Crippen molar-refractivity contribution in [1.82, 2.24) is 19.7 Å². The number of hydroxylamine groups is 2. The summed E-state index contributed by atoms with van der Waals surface area (Å²) in [5.74, 6) is -0.371. The SMILES string of the molecule is CC.Cc1ccc(C(=O)N2CCc3nn4c(c3C2)C(=O)N(C)OC(CO)C4)cc1. The van der Waals surface area contributed by atoms with Crippen LogP contribution in [0.3, 0.4) is 0 Å². The van der Waals surface area contributed by atoms with Gasteiger partial charge in [0.1, 0.15) is 11.8 Å². The number of nitrogens with zero attached hydrogens (tertiary/aromatic N) is 4. The Hall–Kier alpha value is -2.71. The number of aryl methyl sites for hydroxylation is 1. The molecule has 2 aliphatic rings. The number of carbonyl (C=O) groups excluding carboxylic acids is 2. The molecule has 1 N–H and O–H groups in total. The Bertz CT molecular complexity index is 891. The highest BCUT2D eigenvalue weighted by atomic mass is 16.7. The van der Waals surface area contributed by atoms with Crippen LogP contribution >= 0.6 is 0 Å². The number of carbonyl (C=O) groups is 2. The topological polar surface area (TPSA) is 87.9 Å². The van der Waals surface area contributed by atoms with Crippen LogP contribution in [0, 0.1) is 6.92 Å². The molecule has 2 aliphatic heterocycles. The van der Waals surface area contributed by atoms with Gasteiger partial charge in [-0.05, 0) is 19.1 Å². The molecule has 1 unspecified atom stereocenters. The van der Waals surface area contributed by atoms with Crippen LogP contribution in [0.5, 0.6) is 0 Å². The van der Waals surface area contributed by atoms with Crippen molar-refractivity contribution in [2.75, 3.05) is 20.2 Å². The molecule has 4 rings (SSSR count). The lowest BCUT2D eigenvalue weighted by molar-refractivity contribution is -0.159. The van der Waals surface area contributed by atoms with Gasteiger partial charge in [0.15, 0.2) is 0 Å². The van der Waals surface area contributed by atoms with E-state index >= 15 is 0 Å². The normalized spacial score (nSPS) is 18.4. The summed E-state index contributed by atoms with van der Waals surface area (Å²) in [5, 5.41) is 15.1. The maximum absolute atomic E-state index is 12.9. The van der Waals surface area contributed by atoms with Crippen molar-refractivity contribution in [2.45, 2.75) is 46.4 Å². The number of aliphatic hydroxyl groups excluding tert-OH is 1. The second kappa shape index (κ2) is 8.75. The maximum atomic E-state index is 12.9. The standard InChI is InChI=1S/C19H22N4O4.C2H6/c1-12-3-5-13(6-4-12)18(25)22-8-7-16-15(10-22)17-19(26)21(2)27-14(11-24)9-23(17)20-16;1-2/h3-6,14,24H,7-11H2,1-2H3;1-2H3. The first kappa shape index (κ1) is 21.0. The molecule has 0 fully saturated rings. The van der Waals surface area contributed by atoms with Gasteiger partial charge in [0.25, 0.3) is 11.8 Å². The number of rotatable bonds is 2. The van der Waals surface area contributed by atoms with Crippen molar-refractivity contribution >= 4 is 11.8 Å². The molecule has 0 saturated carbocycles. The van der Waals surface area contributed by atoms with Gasteiger partial charge in [-0.1, -0.05) is 31.5 Å². The van der Waals surface area contributed by atoms with E-state index in [1.807, 2.05) is 45.0 Å². The van der Waals surface area contributed by atoms with Gasteiger partial charge < -0.3 is 10.0 Å². The highest BCUT2D eigenvalue weighted by Gasteiger charge is 2.35. The number of benzene rings is 1. The molecule has 0 bridgehead atoms. The van der Waals surface area contributed by atoms with Gasteiger partial charge in [-0.15, -0.1) is 0 Å². The molecule has 0 aliphatic carbocycles. The highest BCUT2D eigenvalue weighted by molar-refractivity contribution is 5.96. The van der Waals surface area contributed by atoms with Crippen LogP contribution in [0.4, 0.5) is 0 Å². The number of amides is 2. The van der Waals surface area contributed by atoms with Gasteiger partial charge in [-0.25, -0.2) is 5.06 Å². The number of aromatic nitrogens is 2. The molecule has 1 aromatic heterocycles. The lowest BCUT2D eigenvalue weighted by Crippen LogP contribution is -2.37. The van der Waals surface area contributed by atoms with Crippen LogP contribution in [0.25, 0.3) is 0 Å². The Morgan fingerprint density at radius 1 is 1.28 bits per heavy atom. The summed E-state index contributed by atoms with van der Waals surface area (Å²) in [4.78, 5) is 32.8. The minimum absolute atomic E-state index is 0.0560. The van der Waals surface area contributed by atoms with Crippen molar-refractivity contribution in [2.24, 2.45) is 0 Å². The fraction of sp³-hybridized carbons (Fsp3) is 0.476. The monoisotopic (exact) mass is 400 g/mol. The van der Waals surface area contributed by atoms with Crippen molar-refractivity contribution in [1.29, 1.82) is 0 Å². The Morgan fingerprint density at radius 3 is 2.62 bits per heavy atom. The van der Waals surface area contributed by atoms with E-state index in [9.17, 15) is 14.7 Å². The molecule has 2 aromatic rings. The van der Waals surface area contributed by atoms with Gasteiger partial charge in [-0.3, -0.25) is 19.1 Å². The van der Waals surface area contributed by atoms with Crippen molar-refractivity contribution in [3.63, 3.8) is 0 Å². The summed E-state index contributed by atoms with van der Waals surface area (Å²) in [6, 6.07) is 7.48. The van der Waals surface area contributed by atoms with Gasteiger partial charge in [0.05, 0.1) is 25.4 Å². The third-order valence-corrected chi connectivity index (χ3v) is 5.06. The summed E-state index contributed by atoms with van der Waals surface area (Å²) in [6.45, 7) is 6.95. The van der Waals surface area contributed by atoms with Crippen LogP contribution in [-0.2, 0) is 24.3 Å². The lowest BCUT2D eigenvalue weighted by atomic mass is 10.0. The van der Waals surface area contributed by atoms with Crippen LogP contribution in [0.2, 0.25) is 0 Å². The minimum Gasteiger partial charge on any atom is -0.393 e. The number of aliphatic hydroxyl groups is 1. The smallest absolute Gasteiger partial charge is 0.295 e. The van der Waals surface area contributed by atoms with Crippen LogP contribution < -0.4 is 0 Å². The van der Waals surface area contributed by atoms with Gasteiger partial charge in [0, 0.05) is 31.1 Å². The summed E-state index contributed by atoms with van der Waals surface area (Å²) in [6.07, 6.45) is 0.0565. The Morgan fingerprint density at radius 2 is 1.97 bits per heavy atom. The Labute approximate surface area is 170 Å². The first-order chi connectivity index (χ1) is 14.0. The molecule has 0 spiro atoms. The van der Waals surface area contributed by atoms with E-state index in [4.69, 9.17) is 4.84 Å². The van der Waals surface area contributed by atoms with E-state index in [0.29, 0.717) is 37.3 Å². The zero-order chi connectivity index (χ0) is 21.1. The molecule has 8 nitrogen and oxygen atoms in total. The molecule has 1 aromatic carbocycles. The van der Waals surface area contributed by atoms with E-state index < -0.39 is 6.10 Å². The summed E-state index contributed by atoms with van der Waals surface area (Å²) < 4.78 is 1.61. The molecule has 156 valence electrons. The van der Waals surface area contributed by atoms with E-state index in [1.165, 1.54) is 7.05 Å². The predicted molar refractivity (Wildman–Crippen MR) is 107 cm³/mol. The third-order valence-electron chi connectivity index (χ3n) is 5.06. The summed E-state index contributed by atoms with van der Waals surface area (Å²) in [5.41, 5.74) is 3.76. The van der Waals surface area contributed by atoms with E-state index in [-0.39, 0.29) is 18.4 Å². The first-order valence-corrected chi connectivity index (χ1v) is 9.98. The quantitative estimate of drug-likeness (QED) is 0.830. The molecule has 8 heteroatoms. The van der Waals surface area contributed by atoms with Crippen LogP contribution in [0.15, 0.2) is 24.3 Å². The largest absolute Gasteiger partial charge is 0.393 e. The van der Waals surface area contributed by atoms with Crippen molar-refractivity contribution in [3.05, 3.63) is 52.3 Å². The molecule has 3 heterocycles. The Balaban J connectivity index is 0.00000117. The zero-order valence-corrected chi connectivity index (χ0v) is 17.4. The van der Waals surface area contributed by atoms with E-state index in [0.717, 1.165) is 21.9 Å². The predicted octanol–water partition coefficient (Wildman–Crippen LogP) is 1.79. The average molecular weight is 400 g/mol. The number of hydrogen-bond acceptors (Lipinski definition) is 5. The second-order valence-electron chi connectivity index (χ2n) is 7.01. The van der Waals surface area contributed by atoms with E-state index in [2.05, 4.69) is 5.10 Å². The van der Waals surface area contributed by atoms with Crippen molar-refractivity contribution in [3.8, 4) is 0 Å². The molecular weight excluding hydrogens is 372 g/mol. The van der Waals surface area contributed by atoms with Gasteiger partial charge >= 0.3 is 0 Å². The Kier molecular flexibility index (Phi) is 6.34. The molecular formula is C21H28N4O4. The highest BCUT2D eigenvalue weighted by Crippen LogP contribution is 2.27. The van der Waals surface area contributed by atoms with Crippen LogP contribution in [0.1, 0.15) is 51.5 Å². The summed E-state index contributed by atoms with van der Waals surface area (Å²) >= 11 is 0. The third kappa shape index (κ3) is 4.04. The fourth-order valence-electron chi connectivity index (χ4n) is 3.59. The molecule has 29 heavy (non-hydrogen) atoms. The molecule has 0 radical (unpaired) electrons. The minimum atomic E-state index is -0.535. The zero-order valence-electron chi connectivity index (χ0n) is 17.4. The van der Waals surface area contributed by atoms with Gasteiger partial charge in [0.2, 0.25) is 0 Å². The molecule has 2 amide bonds. The maximum Gasteiger partial charge on any atom is 0.295 e. The molecule has 0 saturated heterocycles.